The second-order valence-electron chi connectivity index (χ2n) is 2.40. The number of aliphatic imine (C=N–C) groups is 1. The first-order valence-electron chi connectivity index (χ1n) is 3.46. The Morgan fingerprint density at radius 1 is 1.07 bits per heavy atom. The summed E-state index contributed by atoms with van der Waals surface area (Å²) in [4.78, 5) is 3.64. The van der Waals surface area contributed by atoms with E-state index in [1.165, 1.54) is 0 Å². The van der Waals surface area contributed by atoms with E-state index in [0.717, 1.165) is 0 Å². The maximum absolute atomic E-state index is 5.87. The van der Waals surface area contributed by atoms with Gasteiger partial charge in [0.1, 0.15) is 0 Å². The largest absolute Gasteiger partial charge is 0.235 e. The highest BCUT2D eigenvalue weighted by Gasteiger charge is 2.25. The molecule has 0 heterocycles. The van der Waals surface area contributed by atoms with Crippen molar-refractivity contribution in [3.05, 3.63) is 34.9 Å². The summed E-state index contributed by atoms with van der Waals surface area (Å²) in [5.41, 5.74) is 0.545. The van der Waals surface area contributed by atoms with Crippen molar-refractivity contribution < 1.29 is 0 Å². The average Bonchev–Trinajstić information content (AvgIpc) is 2.02. The molecule has 0 aliphatic rings. The molecule has 14 heavy (non-hydrogen) atoms. The van der Waals surface area contributed by atoms with Gasteiger partial charge in [-0.3, -0.25) is 0 Å². The first kappa shape index (κ1) is 12.4. The summed E-state index contributed by atoms with van der Waals surface area (Å²) in [5.74, 6) is 0. The molecule has 1 aromatic carbocycles. The zero-order chi connectivity index (χ0) is 10.8. The molecular weight excluding hydrogens is 287 g/mol. The van der Waals surface area contributed by atoms with E-state index >= 15 is 0 Å². The van der Waals surface area contributed by atoms with Gasteiger partial charge in [-0.1, -0.05) is 46.9 Å². The summed E-state index contributed by atoms with van der Waals surface area (Å²) >= 11 is 28.2. The second-order valence-corrected chi connectivity index (χ2v) is 5.03. The fraction of sp³-hybridized carbons (Fsp3) is 0.125. The highest BCUT2D eigenvalue weighted by atomic mass is 35.5. The van der Waals surface area contributed by atoms with E-state index in [2.05, 4.69) is 4.99 Å². The third kappa shape index (κ3) is 3.48. The van der Waals surface area contributed by atoms with Crippen LogP contribution in [0.5, 0.6) is 0 Å². The van der Waals surface area contributed by atoms with Gasteiger partial charge in [0.2, 0.25) is 4.46 Å². The van der Waals surface area contributed by atoms with Gasteiger partial charge in [0.15, 0.2) is 4.63 Å². The minimum Gasteiger partial charge on any atom is -0.219 e. The van der Waals surface area contributed by atoms with Crippen molar-refractivity contribution in [3.8, 4) is 0 Å². The van der Waals surface area contributed by atoms with Gasteiger partial charge in [0.05, 0.1) is 0 Å². The van der Waals surface area contributed by atoms with Crippen LogP contribution in [0.2, 0.25) is 5.02 Å². The van der Waals surface area contributed by atoms with E-state index in [4.69, 9.17) is 58.0 Å². The van der Waals surface area contributed by atoms with Crippen molar-refractivity contribution in [2.75, 3.05) is 0 Å². The van der Waals surface area contributed by atoms with Gasteiger partial charge in [-0.25, -0.2) is 4.99 Å². The number of rotatable bonds is 2. The summed E-state index contributed by atoms with van der Waals surface area (Å²) in [5, 5.41) is 0.582. The minimum absolute atomic E-state index is 0.232. The Morgan fingerprint density at radius 2 is 1.57 bits per heavy atom. The molecule has 0 amide bonds. The van der Waals surface area contributed by atoms with Crippen LogP contribution in [-0.4, -0.2) is 4.63 Å². The summed E-state index contributed by atoms with van der Waals surface area (Å²) in [6.45, 7) is 0. The highest BCUT2D eigenvalue weighted by molar-refractivity contribution is 6.95. The van der Waals surface area contributed by atoms with Crippen molar-refractivity contribution in [1.82, 2.24) is 0 Å². The average molecular weight is 291 g/mol. The van der Waals surface area contributed by atoms with Gasteiger partial charge in [0.25, 0.3) is 0 Å². The Labute approximate surface area is 107 Å². The predicted molar refractivity (Wildman–Crippen MR) is 64.0 cm³/mol. The van der Waals surface area contributed by atoms with Gasteiger partial charge >= 0.3 is 0 Å². The smallest absolute Gasteiger partial charge is 0.219 e. The SMILES string of the molecule is ClC(Cl)=NC(Cl)(Cl)c1ccc(Cl)cc1. The quantitative estimate of drug-likeness (QED) is 0.423. The number of nitrogens with zero attached hydrogens (tertiary/aromatic N) is 1. The molecule has 1 aromatic rings. The molecule has 6 heteroatoms. The molecule has 0 N–H and O–H groups in total. The van der Waals surface area contributed by atoms with Crippen LogP contribution in [0.15, 0.2) is 29.3 Å². The summed E-state index contributed by atoms with van der Waals surface area (Å²) < 4.78 is -1.71. The topological polar surface area (TPSA) is 12.4 Å². The lowest BCUT2D eigenvalue weighted by molar-refractivity contribution is 0.925. The molecule has 0 unspecified atom stereocenters. The van der Waals surface area contributed by atoms with Crippen LogP contribution in [0.3, 0.4) is 0 Å². The number of hydrogen-bond acceptors (Lipinski definition) is 1. The maximum atomic E-state index is 5.87. The van der Waals surface area contributed by atoms with E-state index in [9.17, 15) is 0 Å². The molecule has 1 nitrogen and oxygen atoms in total. The molecular formula is C8H4Cl5N. The second kappa shape index (κ2) is 4.91. The Hall–Kier alpha value is 0.340. The Balaban J connectivity index is 3.04. The molecule has 0 atom stereocenters. The Bertz CT molecular complexity index is 339. The molecule has 0 spiro atoms. The number of hydrogen-bond donors (Lipinski definition) is 0. The van der Waals surface area contributed by atoms with Gasteiger partial charge in [0, 0.05) is 10.6 Å². The van der Waals surface area contributed by atoms with Crippen molar-refractivity contribution in [2.24, 2.45) is 4.99 Å². The number of halogens is 5. The number of benzene rings is 1. The van der Waals surface area contributed by atoms with E-state index in [1.54, 1.807) is 24.3 Å². The normalized spacial score (nSPS) is 11.2. The van der Waals surface area contributed by atoms with Crippen LogP contribution in [0.4, 0.5) is 0 Å². The lowest BCUT2D eigenvalue weighted by Crippen LogP contribution is -2.07. The van der Waals surface area contributed by atoms with Crippen LogP contribution in [0.1, 0.15) is 5.56 Å². The summed E-state index contributed by atoms with van der Waals surface area (Å²) in [7, 11) is 0. The van der Waals surface area contributed by atoms with Crippen LogP contribution in [0, 0.1) is 0 Å². The third-order valence-electron chi connectivity index (χ3n) is 1.42. The van der Waals surface area contributed by atoms with Gasteiger partial charge in [-0.15, -0.1) is 0 Å². The predicted octanol–water partition coefficient (Wildman–Crippen LogP) is 4.76. The monoisotopic (exact) mass is 289 g/mol. The van der Waals surface area contributed by atoms with E-state index < -0.39 is 4.46 Å². The first-order valence-corrected chi connectivity index (χ1v) is 5.35. The van der Waals surface area contributed by atoms with Crippen LogP contribution in [-0.2, 0) is 4.46 Å². The van der Waals surface area contributed by atoms with Crippen molar-refractivity contribution in [3.63, 3.8) is 0 Å². The van der Waals surface area contributed by atoms with Gasteiger partial charge < -0.3 is 0 Å². The van der Waals surface area contributed by atoms with Crippen LogP contribution < -0.4 is 0 Å². The minimum atomic E-state index is -1.48. The molecule has 0 radical (unpaired) electrons. The third-order valence-corrected chi connectivity index (χ3v) is 2.44. The first-order chi connectivity index (χ1) is 6.42. The van der Waals surface area contributed by atoms with E-state index in [-0.39, 0.29) is 4.63 Å². The zero-order valence-corrected chi connectivity index (χ0v) is 10.4. The Morgan fingerprint density at radius 3 is 2.00 bits per heavy atom. The number of alkyl halides is 2. The fourth-order valence-corrected chi connectivity index (χ4v) is 1.79. The fourth-order valence-electron chi connectivity index (χ4n) is 0.821. The van der Waals surface area contributed by atoms with E-state index in [1.807, 2.05) is 0 Å². The van der Waals surface area contributed by atoms with Crippen molar-refractivity contribution in [2.45, 2.75) is 4.46 Å². The molecule has 0 saturated carbocycles. The lowest BCUT2D eigenvalue weighted by atomic mass is 10.2. The molecule has 0 saturated heterocycles. The van der Waals surface area contributed by atoms with E-state index in [0.29, 0.717) is 10.6 Å². The molecule has 1 rings (SSSR count). The molecule has 0 bridgehead atoms. The maximum Gasteiger partial charge on any atom is 0.235 e. The molecule has 76 valence electrons. The summed E-state index contributed by atoms with van der Waals surface area (Å²) in [6.07, 6.45) is 0. The zero-order valence-electron chi connectivity index (χ0n) is 6.65. The molecule has 0 aliphatic carbocycles. The van der Waals surface area contributed by atoms with Gasteiger partial charge in [-0.05, 0) is 35.3 Å². The van der Waals surface area contributed by atoms with Crippen LogP contribution in [0.25, 0.3) is 0 Å². The van der Waals surface area contributed by atoms with Gasteiger partial charge in [-0.2, -0.15) is 0 Å². The molecule has 0 aromatic heterocycles. The summed E-state index contributed by atoms with van der Waals surface area (Å²) in [6, 6.07) is 6.58. The molecule has 0 aliphatic heterocycles. The molecule has 0 fully saturated rings. The lowest BCUT2D eigenvalue weighted by Gasteiger charge is -2.14. The van der Waals surface area contributed by atoms with Crippen LogP contribution >= 0.6 is 58.0 Å². The van der Waals surface area contributed by atoms with Crippen molar-refractivity contribution >= 4 is 62.6 Å². The standard InChI is InChI=1S/C8H4Cl5N/c9-6-3-1-5(2-4-6)8(12,13)14-7(10)11/h1-4H. The highest BCUT2D eigenvalue weighted by Crippen LogP contribution is 2.36. The van der Waals surface area contributed by atoms with Crippen molar-refractivity contribution in [1.29, 1.82) is 0 Å². The Kier molecular flexibility index (Phi) is 4.35.